The average molecular weight is 401 g/mol. The Bertz CT molecular complexity index is 839. The Morgan fingerprint density at radius 3 is 2.58 bits per heavy atom. The minimum atomic E-state index is -0.572. The van der Waals surface area contributed by atoms with Gasteiger partial charge in [0.1, 0.15) is 0 Å². The lowest BCUT2D eigenvalue weighted by atomic mass is 10.2. The first-order valence-electron chi connectivity index (χ1n) is 7.39. The number of carbonyl (C=O) groups is 1. The molecule has 0 N–H and O–H groups in total. The van der Waals surface area contributed by atoms with Gasteiger partial charge in [0.15, 0.2) is 18.1 Å². The Kier molecular flexibility index (Phi) is 6.59. The first-order valence-corrected chi connectivity index (χ1v) is 8.15. The maximum Gasteiger partial charge on any atom is 0.344 e. The van der Waals surface area contributed by atoms with E-state index < -0.39 is 10.9 Å². The normalized spacial score (nSPS) is 10.9. The number of ether oxygens (including phenoxy) is 2. The van der Waals surface area contributed by atoms with Gasteiger partial charge in [0.25, 0.3) is 0 Å². The van der Waals surface area contributed by atoms with E-state index in [2.05, 4.69) is 5.16 Å². The van der Waals surface area contributed by atoms with Crippen LogP contribution in [-0.2, 0) is 9.53 Å². The second kappa shape index (κ2) is 8.68. The number of hydrogen-bond donors (Lipinski definition) is 0. The third kappa shape index (κ3) is 4.74. The number of aromatic nitrogens is 1. The number of carbonyl (C=O) groups excluding carboxylic acids is 1. The van der Waals surface area contributed by atoms with Gasteiger partial charge in [-0.15, -0.1) is 0 Å². The first-order chi connectivity index (χ1) is 12.3. The summed E-state index contributed by atoms with van der Waals surface area (Å²) >= 11 is 12.2. The molecule has 0 spiro atoms. The van der Waals surface area contributed by atoms with Gasteiger partial charge in [0, 0.05) is 0 Å². The van der Waals surface area contributed by atoms with Crippen LogP contribution < -0.4 is 4.74 Å². The van der Waals surface area contributed by atoms with Gasteiger partial charge < -0.3 is 14.0 Å². The zero-order chi connectivity index (χ0) is 19.3. The van der Waals surface area contributed by atoms with Crippen molar-refractivity contribution in [3.8, 4) is 5.75 Å². The van der Waals surface area contributed by atoms with Crippen molar-refractivity contribution in [1.82, 2.24) is 5.16 Å². The van der Waals surface area contributed by atoms with Crippen LogP contribution in [0.4, 0.5) is 5.69 Å². The second-order valence-electron chi connectivity index (χ2n) is 4.98. The largest absolute Gasteiger partial charge is 0.479 e. The molecule has 8 nitrogen and oxygen atoms in total. The van der Waals surface area contributed by atoms with Gasteiger partial charge in [-0.3, -0.25) is 10.1 Å². The lowest BCUT2D eigenvalue weighted by Crippen LogP contribution is -2.14. The summed E-state index contributed by atoms with van der Waals surface area (Å²) in [5.74, 6) is -0.404. The Morgan fingerprint density at radius 2 is 2.00 bits per heavy atom. The van der Waals surface area contributed by atoms with Crippen molar-refractivity contribution in [2.45, 2.75) is 13.8 Å². The molecule has 0 unspecified atom stereocenters. The Balaban J connectivity index is 2.20. The third-order valence-corrected chi connectivity index (χ3v) is 3.69. The summed E-state index contributed by atoms with van der Waals surface area (Å²) in [7, 11) is 0. The number of benzene rings is 1. The Morgan fingerprint density at radius 1 is 1.35 bits per heavy atom. The van der Waals surface area contributed by atoms with E-state index in [9.17, 15) is 14.9 Å². The highest BCUT2D eigenvalue weighted by atomic mass is 35.5. The van der Waals surface area contributed by atoms with E-state index >= 15 is 0 Å². The number of hydrogen-bond acceptors (Lipinski definition) is 7. The molecule has 1 heterocycles. The number of nitro groups is 1. The minimum absolute atomic E-state index is 0.00221. The molecule has 2 aromatic rings. The molecule has 0 saturated carbocycles. The van der Waals surface area contributed by atoms with Crippen LogP contribution in [0.15, 0.2) is 16.7 Å². The maximum atomic E-state index is 11.3. The molecule has 1 aromatic heterocycles. The van der Waals surface area contributed by atoms with Gasteiger partial charge in [-0.25, -0.2) is 4.79 Å². The van der Waals surface area contributed by atoms with Crippen LogP contribution in [0, 0.1) is 17.0 Å². The molecule has 1 aromatic carbocycles. The van der Waals surface area contributed by atoms with Crippen LogP contribution in [0.25, 0.3) is 12.2 Å². The molecular weight excluding hydrogens is 387 g/mol. The van der Waals surface area contributed by atoms with Crippen molar-refractivity contribution >= 4 is 47.0 Å². The summed E-state index contributed by atoms with van der Waals surface area (Å²) < 4.78 is 15.0. The fourth-order valence-corrected chi connectivity index (χ4v) is 2.65. The highest BCUT2D eigenvalue weighted by Crippen LogP contribution is 2.35. The van der Waals surface area contributed by atoms with Gasteiger partial charge in [0.05, 0.1) is 21.6 Å². The minimum Gasteiger partial charge on any atom is -0.479 e. The van der Waals surface area contributed by atoms with Crippen molar-refractivity contribution in [2.24, 2.45) is 0 Å². The number of nitrogens with zero attached hydrogens (tertiary/aromatic N) is 2. The van der Waals surface area contributed by atoms with E-state index in [0.29, 0.717) is 5.56 Å². The third-order valence-electron chi connectivity index (χ3n) is 3.13. The molecule has 0 aliphatic rings. The number of rotatable bonds is 7. The quantitative estimate of drug-likeness (QED) is 0.387. The Hall–Kier alpha value is -2.58. The summed E-state index contributed by atoms with van der Waals surface area (Å²) in [4.78, 5) is 21.8. The van der Waals surface area contributed by atoms with Crippen molar-refractivity contribution in [2.75, 3.05) is 13.2 Å². The molecule has 0 fully saturated rings. The fraction of sp³-hybridized carbons (Fsp3) is 0.250. The predicted octanol–water partition coefficient (Wildman–Crippen LogP) is 4.31. The molecule has 0 aliphatic carbocycles. The molecule has 138 valence electrons. The molecule has 2 rings (SSSR count). The zero-order valence-electron chi connectivity index (χ0n) is 13.8. The van der Waals surface area contributed by atoms with Crippen LogP contribution in [0.2, 0.25) is 10.0 Å². The lowest BCUT2D eigenvalue weighted by Gasteiger charge is -2.10. The summed E-state index contributed by atoms with van der Waals surface area (Å²) in [6.07, 6.45) is 2.92. The highest BCUT2D eigenvalue weighted by molar-refractivity contribution is 6.37. The van der Waals surface area contributed by atoms with Crippen molar-refractivity contribution < 1.29 is 23.7 Å². The molecule has 0 bridgehead atoms. The molecule has 0 saturated heterocycles. The van der Waals surface area contributed by atoms with Gasteiger partial charge >= 0.3 is 11.7 Å². The molecular formula is C16H14Cl2N2O6. The van der Waals surface area contributed by atoms with Crippen LogP contribution in [-0.4, -0.2) is 29.3 Å². The van der Waals surface area contributed by atoms with Crippen molar-refractivity contribution in [3.05, 3.63) is 49.3 Å². The van der Waals surface area contributed by atoms with Crippen LogP contribution >= 0.6 is 23.2 Å². The van der Waals surface area contributed by atoms with Crippen molar-refractivity contribution in [1.29, 1.82) is 0 Å². The predicted molar refractivity (Wildman–Crippen MR) is 95.4 cm³/mol. The van der Waals surface area contributed by atoms with Crippen LogP contribution in [0.5, 0.6) is 5.75 Å². The summed E-state index contributed by atoms with van der Waals surface area (Å²) in [5, 5.41) is 14.9. The average Bonchev–Trinajstić information content (AvgIpc) is 2.93. The van der Waals surface area contributed by atoms with Gasteiger partial charge in [-0.1, -0.05) is 34.4 Å². The van der Waals surface area contributed by atoms with E-state index in [1.54, 1.807) is 6.92 Å². The molecule has 0 radical (unpaired) electrons. The van der Waals surface area contributed by atoms with Crippen LogP contribution in [0.3, 0.4) is 0 Å². The van der Waals surface area contributed by atoms with Gasteiger partial charge in [-0.05, 0) is 37.6 Å². The maximum absolute atomic E-state index is 11.3. The SMILES string of the molecule is CCOC(=O)COc1c(Cl)cc(/C=C/c2onc(C)c2[N+](=O)[O-])cc1Cl. The summed E-state index contributed by atoms with van der Waals surface area (Å²) in [6.45, 7) is 3.06. The van der Waals surface area contributed by atoms with Gasteiger partial charge in [-0.2, -0.15) is 0 Å². The van der Waals surface area contributed by atoms with E-state index in [1.807, 2.05) is 0 Å². The topological polar surface area (TPSA) is 105 Å². The molecule has 10 heteroatoms. The van der Waals surface area contributed by atoms with E-state index in [1.165, 1.54) is 31.2 Å². The lowest BCUT2D eigenvalue weighted by molar-refractivity contribution is -0.386. The molecule has 0 amide bonds. The summed E-state index contributed by atoms with van der Waals surface area (Å²) in [6, 6.07) is 3.05. The molecule has 26 heavy (non-hydrogen) atoms. The highest BCUT2D eigenvalue weighted by Gasteiger charge is 2.22. The fourth-order valence-electron chi connectivity index (χ4n) is 2.03. The monoisotopic (exact) mass is 400 g/mol. The van der Waals surface area contributed by atoms with Crippen molar-refractivity contribution in [3.63, 3.8) is 0 Å². The smallest absolute Gasteiger partial charge is 0.344 e. The van der Waals surface area contributed by atoms with Crippen LogP contribution in [0.1, 0.15) is 23.9 Å². The van der Waals surface area contributed by atoms with E-state index in [0.717, 1.165) is 0 Å². The molecule has 0 atom stereocenters. The number of esters is 1. The first kappa shape index (κ1) is 19.7. The summed E-state index contributed by atoms with van der Waals surface area (Å²) in [5.41, 5.74) is 0.507. The van der Waals surface area contributed by atoms with Gasteiger partial charge in [0.2, 0.25) is 5.76 Å². The molecule has 0 aliphatic heterocycles. The second-order valence-corrected chi connectivity index (χ2v) is 5.79. The number of aryl methyl sites for hydroxylation is 1. The van der Waals surface area contributed by atoms with E-state index in [4.69, 9.17) is 37.2 Å². The van der Waals surface area contributed by atoms with E-state index in [-0.39, 0.29) is 46.2 Å². The Labute approximate surface area is 158 Å². The standard InChI is InChI=1S/C16H14Cl2N2O6/c1-3-24-14(21)8-25-16-11(17)6-10(7-12(16)18)4-5-13-15(20(22)23)9(2)19-26-13/h4-7H,3,8H2,1-2H3/b5-4+. The number of halogens is 2. The zero-order valence-corrected chi connectivity index (χ0v) is 15.3.